The molecule has 1 N–H and O–H groups in total. The number of fused-ring (bicyclic) bond motifs is 1. The number of halogens is 3. The van der Waals surface area contributed by atoms with Crippen LogP contribution >= 0.6 is 15.9 Å². The summed E-state index contributed by atoms with van der Waals surface area (Å²) in [5.74, 6) is -1.32. The number of H-pyrrole nitrogens is 1. The molecular weight excluding hydrogens is 302 g/mol. The van der Waals surface area contributed by atoms with Gasteiger partial charge < -0.3 is 4.98 Å². The lowest BCUT2D eigenvalue weighted by Gasteiger charge is -1.98. The maximum absolute atomic E-state index is 13.6. The van der Waals surface area contributed by atoms with Crippen LogP contribution in [0.3, 0.4) is 0 Å². The summed E-state index contributed by atoms with van der Waals surface area (Å²) in [6.07, 6.45) is 0. The van der Waals surface area contributed by atoms with E-state index in [0.29, 0.717) is 11.3 Å². The molecule has 0 radical (unpaired) electrons. The SMILES string of the molecule is Fc1ccc2[nH]c(-c3ccccc3Br)nc2c1F. The van der Waals surface area contributed by atoms with Gasteiger partial charge in [0.2, 0.25) is 0 Å². The molecule has 0 bridgehead atoms. The molecule has 0 aliphatic rings. The van der Waals surface area contributed by atoms with Gasteiger partial charge in [-0.15, -0.1) is 0 Å². The molecule has 0 spiro atoms. The number of hydrogen-bond donors (Lipinski definition) is 1. The fourth-order valence-corrected chi connectivity index (χ4v) is 2.27. The zero-order valence-corrected chi connectivity index (χ0v) is 10.6. The summed E-state index contributed by atoms with van der Waals surface area (Å²) >= 11 is 3.40. The third kappa shape index (κ3) is 1.71. The van der Waals surface area contributed by atoms with E-state index in [0.717, 1.165) is 16.1 Å². The topological polar surface area (TPSA) is 28.7 Å². The molecule has 5 heteroatoms. The van der Waals surface area contributed by atoms with Gasteiger partial charge in [-0.25, -0.2) is 13.8 Å². The van der Waals surface area contributed by atoms with Crippen LogP contribution < -0.4 is 0 Å². The zero-order chi connectivity index (χ0) is 12.7. The number of aromatic amines is 1. The smallest absolute Gasteiger partial charge is 0.186 e. The number of nitrogens with one attached hydrogen (secondary N) is 1. The van der Waals surface area contributed by atoms with Crippen LogP contribution in [0.5, 0.6) is 0 Å². The van der Waals surface area contributed by atoms with E-state index < -0.39 is 11.6 Å². The monoisotopic (exact) mass is 308 g/mol. The first-order chi connectivity index (χ1) is 8.66. The van der Waals surface area contributed by atoms with Crippen molar-refractivity contribution in [3.05, 3.63) is 52.5 Å². The van der Waals surface area contributed by atoms with E-state index in [9.17, 15) is 8.78 Å². The molecule has 0 aliphatic heterocycles. The Morgan fingerprint density at radius 3 is 2.61 bits per heavy atom. The largest absolute Gasteiger partial charge is 0.338 e. The first kappa shape index (κ1) is 11.3. The van der Waals surface area contributed by atoms with E-state index in [1.165, 1.54) is 6.07 Å². The Balaban J connectivity index is 2.26. The van der Waals surface area contributed by atoms with E-state index in [1.807, 2.05) is 24.3 Å². The van der Waals surface area contributed by atoms with Gasteiger partial charge in [-0.1, -0.05) is 34.1 Å². The van der Waals surface area contributed by atoms with Crippen molar-refractivity contribution in [1.82, 2.24) is 9.97 Å². The number of hydrogen-bond acceptors (Lipinski definition) is 1. The van der Waals surface area contributed by atoms with Crippen molar-refractivity contribution in [2.45, 2.75) is 0 Å². The van der Waals surface area contributed by atoms with Gasteiger partial charge in [0.15, 0.2) is 11.6 Å². The summed E-state index contributed by atoms with van der Waals surface area (Å²) in [4.78, 5) is 7.08. The highest BCUT2D eigenvalue weighted by Gasteiger charge is 2.13. The van der Waals surface area contributed by atoms with Crippen molar-refractivity contribution in [3.8, 4) is 11.4 Å². The number of benzene rings is 2. The van der Waals surface area contributed by atoms with Crippen molar-refractivity contribution in [3.63, 3.8) is 0 Å². The summed E-state index contributed by atoms with van der Waals surface area (Å²) in [5, 5.41) is 0. The van der Waals surface area contributed by atoms with Gasteiger partial charge in [0.05, 0.1) is 5.52 Å². The summed E-state index contributed by atoms with van der Waals surface area (Å²) in [7, 11) is 0. The molecule has 3 rings (SSSR count). The molecular formula is C13H7BrF2N2. The average Bonchev–Trinajstić information content (AvgIpc) is 2.79. The molecule has 90 valence electrons. The molecule has 0 unspecified atom stereocenters. The highest BCUT2D eigenvalue weighted by molar-refractivity contribution is 9.10. The standard InChI is InChI=1S/C13H7BrF2N2/c14-8-4-2-1-3-7(8)13-17-10-6-5-9(15)11(16)12(10)18-13/h1-6H,(H,17,18). The molecule has 2 nitrogen and oxygen atoms in total. The normalized spacial score (nSPS) is 11.1. The van der Waals surface area contributed by atoms with Gasteiger partial charge in [0.25, 0.3) is 0 Å². The Hall–Kier alpha value is -1.75. The first-order valence-electron chi connectivity index (χ1n) is 5.25. The molecule has 18 heavy (non-hydrogen) atoms. The number of nitrogens with zero attached hydrogens (tertiary/aromatic N) is 1. The molecule has 2 aromatic carbocycles. The lowest BCUT2D eigenvalue weighted by Crippen LogP contribution is -1.84. The molecule has 0 saturated carbocycles. The number of aromatic nitrogens is 2. The number of imidazole rings is 1. The van der Waals surface area contributed by atoms with Crippen molar-refractivity contribution in [2.24, 2.45) is 0 Å². The van der Waals surface area contributed by atoms with E-state index >= 15 is 0 Å². The Kier molecular flexibility index (Phi) is 2.63. The Morgan fingerprint density at radius 1 is 1.06 bits per heavy atom. The van der Waals surface area contributed by atoms with Crippen LogP contribution in [0.4, 0.5) is 8.78 Å². The maximum Gasteiger partial charge on any atom is 0.186 e. The molecule has 1 heterocycles. The zero-order valence-electron chi connectivity index (χ0n) is 9.05. The third-order valence-corrected chi connectivity index (χ3v) is 3.37. The molecule has 0 aliphatic carbocycles. The highest BCUT2D eigenvalue weighted by atomic mass is 79.9. The second kappa shape index (κ2) is 4.17. The van der Waals surface area contributed by atoms with Crippen LogP contribution in [-0.4, -0.2) is 9.97 Å². The molecule has 0 fully saturated rings. The van der Waals surface area contributed by atoms with Gasteiger partial charge >= 0.3 is 0 Å². The fraction of sp³-hybridized carbons (Fsp3) is 0. The highest BCUT2D eigenvalue weighted by Crippen LogP contribution is 2.28. The molecule has 0 atom stereocenters. The van der Waals surface area contributed by atoms with Crippen molar-refractivity contribution >= 4 is 27.0 Å². The van der Waals surface area contributed by atoms with Crippen LogP contribution in [-0.2, 0) is 0 Å². The average molecular weight is 309 g/mol. The van der Waals surface area contributed by atoms with Crippen LogP contribution in [0.25, 0.3) is 22.4 Å². The molecule has 1 aromatic heterocycles. The van der Waals surface area contributed by atoms with E-state index in [1.54, 1.807) is 0 Å². The second-order valence-electron chi connectivity index (χ2n) is 3.82. The van der Waals surface area contributed by atoms with Gasteiger partial charge in [-0.3, -0.25) is 0 Å². The van der Waals surface area contributed by atoms with Crippen molar-refractivity contribution in [2.75, 3.05) is 0 Å². The Labute approximate surface area is 110 Å². The predicted molar refractivity (Wildman–Crippen MR) is 69.1 cm³/mol. The van der Waals surface area contributed by atoms with Gasteiger partial charge in [0.1, 0.15) is 11.3 Å². The van der Waals surface area contributed by atoms with Crippen LogP contribution in [0.1, 0.15) is 0 Å². The minimum absolute atomic E-state index is 0.0146. The molecule has 3 aromatic rings. The third-order valence-electron chi connectivity index (χ3n) is 2.67. The first-order valence-corrected chi connectivity index (χ1v) is 6.05. The fourth-order valence-electron chi connectivity index (χ4n) is 1.80. The lowest BCUT2D eigenvalue weighted by atomic mass is 10.2. The summed E-state index contributed by atoms with van der Waals surface area (Å²) in [6, 6.07) is 9.98. The molecule has 0 saturated heterocycles. The van der Waals surface area contributed by atoms with Crippen LogP contribution in [0.2, 0.25) is 0 Å². The van der Waals surface area contributed by atoms with Gasteiger partial charge in [0, 0.05) is 10.0 Å². The van der Waals surface area contributed by atoms with Crippen molar-refractivity contribution < 1.29 is 8.78 Å². The minimum atomic E-state index is -0.929. The minimum Gasteiger partial charge on any atom is -0.338 e. The summed E-state index contributed by atoms with van der Waals surface area (Å²) < 4.78 is 27.5. The lowest BCUT2D eigenvalue weighted by molar-refractivity contribution is 0.515. The Bertz CT molecular complexity index is 737. The van der Waals surface area contributed by atoms with E-state index in [-0.39, 0.29) is 5.52 Å². The van der Waals surface area contributed by atoms with Gasteiger partial charge in [-0.05, 0) is 18.2 Å². The van der Waals surface area contributed by atoms with Crippen molar-refractivity contribution in [1.29, 1.82) is 0 Å². The molecule has 0 amide bonds. The summed E-state index contributed by atoms with van der Waals surface area (Å²) in [6.45, 7) is 0. The predicted octanol–water partition coefficient (Wildman–Crippen LogP) is 4.27. The van der Waals surface area contributed by atoms with Gasteiger partial charge in [-0.2, -0.15) is 0 Å². The number of rotatable bonds is 1. The quantitative estimate of drug-likeness (QED) is 0.714. The van der Waals surface area contributed by atoms with E-state index in [4.69, 9.17) is 0 Å². The Morgan fingerprint density at radius 2 is 1.83 bits per heavy atom. The van der Waals surface area contributed by atoms with Crippen LogP contribution in [0.15, 0.2) is 40.9 Å². The summed E-state index contributed by atoms with van der Waals surface area (Å²) in [5.41, 5.74) is 1.29. The van der Waals surface area contributed by atoms with Crippen LogP contribution in [0, 0.1) is 11.6 Å². The second-order valence-corrected chi connectivity index (χ2v) is 4.68. The van der Waals surface area contributed by atoms with E-state index in [2.05, 4.69) is 25.9 Å². The maximum atomic E-state index is 13.6.